The zero-order valence-electron chi connectivity index (χ0n) is 11.2. The summed E-state index contributed by atoms with van der Waals surface area (Å²) >= 11 is 0. The number of pyridine rings is 1. The molecule has 0 saturated carbocycles. The first kappa shape index (κ1) is 15.1. The van der Waals surface area contributed by atoms with Crippen molar-refractivity contribution in [1.29, 1.82) is 0 Å². The fraction of sp³-hybridized carbons (Fsp3) is 0.250. The molecule has 0 unspecified atom stereocenters. The summed E-state index contributed by atoms with van der Waals surface area (Å²) in [7, 11) is -3.77. The Morgan fingerprint density at radius 1 is 1.43 bits per heavy atom. The molecule has 8 nitrogen and oxygen atoms in total. The summed E-state index contributed by atoms with van der Waals surface area (Å²) in [5, 5.41) is 12.4. The van der Waals surface area contributed by atoms with Crippen molar-refractivity contribution >= 4 is 16.0 Å². The van der Waals surface area contributed by atoms with E-state index < -0.39 is 28.6 Å². The SMILES string of the molecule is C[C@@H](NS(=O)(=O)c1cnn(CC(=O)O)c1)c1ccncc1. The molecule has 0 aromatic carbocycles. The molecule has 0 amide bonds. The minimum absolute atomic E-state index is 0.0790. The summed E-state index contributed by atoms with van der Waals surface area (Å²) in [6.07, 6.45) is 5.44. The predicted octanol–water partition coefficient (Wildman–Crippen LogP) is 0.402. The summed E-state index contributed by atoms with van der Waals surface area (Å²) in [5.74, 6) is -1.10. The van der Waals surface area contributed by atoms with Gasteiger partial charge in [0.1, 0.15) is 11.4 Å². The number of aromatic nitrogens is 3. The first-order valence-corrected chi connectivity index (χ1v) is 7.53. The van der Waals surface area contributed by atoms with Crippen LogP contribution >= 0.6 is 0 Å². The molecule has 0 aliphatic rings. The molecule has 1 atom stereocenters. The van der Waals surface area contributed by atoms with Gasteiger partial charge in [0, 0.05) is 24.6 Å². The lowest BCUT2D eigenvalue weighted by atomic mass is 10.1. The van der Waals surface area contributed by atoms with Gasteiger partial charge >= 0.3 is 5.97 Å². The van der Waals surface area contributed by atoms with Gasteiger partial charge in [-0.15, -0.1) is 0 Å². The molecule has 0 saturated heterocycles. The molecule has 2 heterocycles. The summed E-state index contributed by atoms with van der Waals surface area (Å²) in [5.41, 5.74) is 0.770. The number of carboxylic acids is 1. The number of hydrogen-bond acceptors (Lipinski definition) is 5. The quantitative estimate of drug-likeness (QED) is 0.798. The smallest absolute Gasteiger partial charge is 0.325 e. The summed E-state index contributed by atoms with van der Waals surface area (Å²) in [6.45, 7) is 1.31. The van der Waals surface area contributed by atoms with Crippen molar-refractivity contribution in [1.82, 2.24) is 19.5 Å². The van der Waals surface area contributed by atoms with Gasteiger partial charge < -0.3 is 5.11 Å². The van der Waals surface area contributed by atoms with Crippen molar-refractivity contribution in [2.24, 2.45) is 0 Å². The van der Waals surface area contributed by atoms with Crippen molar-refractivity contribution in [3.63, 3.8) is 0 Å². The Hall–Kier alpha value is -2.26. The van der Waals surface area contributed by atoms with Crippen molar-refractivity contribution in [2.75, 3.05) is 0 Å². The minimum atomic E-state index is -3.77. The number of rotatable bonds is 6. The maximum Gasteiger partial charge on any atom is 0.325 e. The van der Waals surface area contributed by atoms with Gasteiger partial charge in [0.25, 0.3) is 0 Å². The number of carbonyl (C=O) groups is 1. The zero-order valence-corrected chi connectivity index (χ0v) is 12.0. The Labute approximate surface area is 121 Å². The Kier molecular flexibility index (Phi) is 4.34. The highest BCUT2D eigenvalue weighted by Gasteiger charge is 2.20. The van der Waals surface area contributed by atoms with Gasteiger partial charge in [-0.2, -0.15) is 5.10 Å². The van der Waals surface area contributed by atoms with Crippen LogP contribution in [0.3, 0.4) is 0 Å². The van der Waals surface area contributed by atoms with Gasteiger partial charge in [-0.05, 0) is 24.6 Å². The van der Waals surface area contributed by atoms with Crippen LogP contribution in [0.5, 0.6) is 0 Å². The summed E-state index contributed by atoms with van der Waals surface area (Å²) in [6, 6.07) is 2.98. The molecule has 0 bridgehead atoms. The van der Waals surface area contributed by atoms with E-state index in [1.807, 2.05) is 0 Å². The topological polar surface area (TPSA) is 114 Å². The molecule has 0 radical (unpaired) electrons. The Morgan fingerprint density at radius 3 is 2.71 bits per heavy atom. The second-order valence-electron chi connectivity index (χ2n) is 4.39. The average Bonchev–Trinajstić information content (AvgIpc) is 2.88. The number of carboxylic acid groups (broad SMARTS) is 1. The fourth-order valence-electron chi connectivity index (χ4n) is 1.73. The van der Waals surface area contributed by atoms with Crippen LogP contribution in [0.2, 0.25) is 0 Å². The van der Waals surface area contributed by atoms with Crippen molar-refractivity contribution in [3.8, 4) is 0 Å². The van der Waals surface area contributed by atoms with Gasteiger partial charge in [-0.3, -0.25) is 14.5 Å². The zero-order chi connectivity index (χ0) is 15.5. The standard InChI is InChI=1S/C12H14N4O4S/c1-9(10-2-4-13-5-3-10)15-21(19,20)11-6-14-16(7-11)8-12(17)18/h2-7,9,15H,8H2,1H3,(H,17,18)/t9-/m1/s1. The summed E-state index contributed by atoms with van der Waals surface area (Å²) < 4.78 is 27.9. The molecule has 0 fully saturated rings. The third-order valence-electron chi connectivity index (χ3n) is 2.76. The van der Waals surface area contributed by atoms with Gasteiger partial charge in [0.2, 0.25) is 10.0 Å². The van der Waals surface area contributed by atoms with Gasteiger partial charge in [-0.1, -0.05) is 0 Å². The lowest BCUT2D eigenvalue weighted by Gasteiger charge is -2.13. The Morgan fingerprint density at radius 2 is 2.10 bits per heavy atom. The molecular weight excluding hydrogens is 296 g/mol. The van der Waals surface area contributed by atoms with E-state index in [2.05, 4.69) is 14.8 Å². The monoisotopic (exact) mass is 310 g/mol. The number of nitrogens with one attached hydrogen (secondary N) is 1. The minimum Gasteiger partial charge on any atom is -0.480 e. The largest absolute Gasteiger partial charge is 0.480 e. The van der Waals surface area contributed by atoms with Crippen LogP contribution in [0.4, 0.5) is 0 Å². The molecule has 0 aliphatic heterocycles. The highest BCUT2D eigenvalue weighted by molar-refractivity contribution is 7.89. The molecule has 2 N–H and O–H groups in total. The van der Waals surface area contributed by atoms with Gasteiger partial charge in [0.05, 0.1) is 6.20 Å². The van der Waals surface area contributed by atoms with E-state index >= 15 is 0 Å². The Bertz CT molecular complexity index is 727. The maximum absolute atomic E-state index is 12.2. The molecule has 2 aromatic heterocycles. The van der Waals surface area contributed by atoms with E-state index in [4.69, 9.17) is 5.11 Å². The van der Waals surface area contributed by atoms with Crippen molar-refractivity contribution in [2.45, 2.75) is 24.4 Å². The van der Waals surface area contributed by atoms with E-state index in [1.165, 1.54) is 6.20 Å². The third kappa shape index (κ3) is 3.86. The lowest BCUT2D eigenvalue weighted by Crippen LogP contribution is -2.26. The summed E-state index contributed by atoms with van der Waals surface area (Å²) in [4.78, 5) is 14.3. The van der Waals surface area contributed by atoms with Gasteiger partial charge in [-0.25, -0.2) is 13.1 Å². The van der Waals surface area contributed by atoms with Crippen LogP contribution in [0, 0.1) is 0 Å². The number of nitrogens with zero attached hydrogens (tertiary/aromatic N) is 3. The molecular formula is C12H14N4O4S. The van der Waals surface area contributed by atoms with Crippen LogP contribution in [-0.4, -0.2) is 34.3 Å². The second kappa shape index (κ2) is 6.02. The van der Waals surface area contributed by atoms with Crippen LogP contribution in [0.1, 0.15) is 18.5 Å². The molecule has 0 aliphatic carbocycles. The molecule has 2 aromatic rings. The number of aliphatic carboxylic acids is 1. The molecule has 9 heteroatoms. The normalized spacial score (nSPS) is 13.0. The first-order valence-electron chi connectivity index (χ1n) is 6.05. The maximum atomic E-state index is 12.2. The van der Waals surface area contributed by atoms with Crippen LogP contribution < -0.4 is 4.72 Å². The predicted molar refractivity (Wildman–Crippen MR) is 72.8 cm³/mol. The number of sulfonamides is 1. The van der Waals surface area contributed by atoms with Crippen LogP contribution in [-0.2, 0) is 21.4 Å². The fourth-order valence-corrected chi connectivity index (χ4v) is 2.91. The van der Waals surface area contributed by atoms with E-state index in [1.54, 1.807) is 31.5 Å². The van der Waals surface area contributed by atoms with E-state index in [0.717, 1.165) is 16.4 Å². The number of hydrogen-bond donors (Lipinski definition) is 2. The van der Waals surface area contributed by atoms with Crippen LogP contribution in [0.25, 0.3) is 0 Å². The average molecular weight is 310 g/mol. The molecule has 0 spiro atoms. The third-order valence-corrected chi connectivity index (χ3v) is 4.25. The van der Waals surface area contributed by atoms with E-state index in [0.29, 0.717) is 0 Å². The Balaban J connectivity index is 2.15. The highest BCUT2D eigenvalue weighted by atomic mass is 32.2. The second-order valence-corrected chi connectivity index (χ2v) is 6.10. The van der Waals surface area contributed by atoms with E-state index in [9.17, 15) is 13.2 Å². The van der Waals surface area contributed by atoms with Crippen molar-refractivity contribution in [3.05, 3.63) is 42.5 Å². The van der Waals surface area contributed by atoms with Crippen LogP contribution in [0.15, 0.2) is 41.8 Å². The van der Waals surface area contributed by atoms with Crippen molar-refractivity contribution < 1.29 is 18.3 Å². The first-order chi connectivity index (χ1) is 9.88. The molecule has 21 heavy (non-hydrogen) atoms. The molecule has 112 valence electrons. The van der Waals surface area contributed by atoms with Gasteiger partial charge in [0.15, 0.2) is 0 Å². The highest BCUT2D eigenvalue weighted by Crippen LogP contribution is 2.15. The van der Waals surface area contributed by atoms with E-state index in [-0.39, 0.29) is 4.90 Å². The lowest BCUT2D eigenvalue weighted by molar-refractivity contribution is -0.137. The molecule has 2 rings (SSSR count).